The Hall–Kier alpha value is -2.40. The number of piperidine rings is 1. The number of carbonyl (C=O) groups is 2. The Morgan fingerprint density at radius 2 is 1.81 bits per heavy atom. The summed E-state index contributed by atoms with van der Waals surface area (Å²) in [6.45, 7) is 3.16. The van der Waals surface area contributed by atoms with Crippen LogP contribution in [0.5, 0.6) is 0 Å². The first-order valence-electron chi connectivity index (χ1n) is 9.22. The zero-order chi connectivity index (χ0) is 18.4. The van der Waals surface area contributed by atoms with E-state index in [1.54, 1.807) is 0 Å². The summed E-state index contributed by atoms with van der Waals surface area (Å²) in [5.74, 6) is -0.615. The highest BCUT2D eigenvalue weighted by Gasteiger charge is 2.21. The number of nitrogens with zero attached hydrogens (tertiary/aromatic N) is 1. The van der Waals surface area contributed by atoms with Crippen LogP contribution in [-0.4, -0.2) is 48.2 Å². The Kier molecular flexibility index (Phi) is 6.23. The zero-order valence-corrected chi connectivity index (χ0v) is 14.9. The van der Waals surface area contributed by atoms with Gasteiger partial charge in [0.2, 0.25) is 0 Å². The van der Waals surface area contributed by atoms with Crippen LogP contribution in [0.4, 0.5) is 0 Å². The van der Waals surface area contributed by atoms with E-state index >= 15 is 0 Å². The van der Waals surface area contributed by atoms with Crippen LogP contribution in [-0.2, 0) is 9.53 Å². The third-order valence-electron chi connectivity index (χ3n) is 5.03. The second kappa shape index (κ2) is 8.81. The Labute approximate surface area is 153 Å². The van der Waals surface area contributed by atoms with Crippen molar-refractivity contribution in [2.75, 3.05) is 26.2 Å². The number of aliphatic carboxylic acids is 1. The molecule has 0 radical (unpaired) electrons. The summed E-state index contributed by atoms with van der Waals surface area (Å²) in [6.07, 6.45) is 2.88. The van der Waals surface area contributed by atoms with Gasteiger partial charge in [-0.05, 0) is 61.7 Å². The van der Waals surface area contributed by atoms with Gasteiger partial charge in [0.25, 0.3) is 0 Å². The Bertz CT molecular complexity index is 760. The molecule has 1 aliphatic heterocycles. The number of carboxylic acids is 1. The van der Waals surface area contributed by atoms with Gasteiger partial charge >= 0.3 is 11.9 Å². The van der Waals surface area contributed by atoms with Crippen molar-refractivity contribution >= 4 is 22.7 Å². The number of likely N-dealkylation sites (tertiary alicyclic amines) is 1. The maximum absolute atomic E-state index is 12.5. The fourth-order valence-electron chi connectivity index (χ4n) is 3.51. The summed E-state index contributed by atoms with van der Waals surface area (Å²) in [4.78, 5) is 25.4. The number of fused-ring (bicyclic) bond motifs is 1. The fraction of sp³-hybridized carbons (Fsp3) is 0.429. The van der Waals surface area contributed by atoms with Crippen molar-refractivity contribution in [1.29, 1.82) is 0 Å². The molecule has 0 saturated carbocycles. The van der Waals surface area contributed by atoms with Gasteiger partial charge in [0.15, 0.2) is 0 Å². The average Bonchev–Trinajstić information content (AvgIpc) is 2.66. The Morgan fingerprint density at radius 1 is 1.08 bits per heavy atom. The van der Waals surface area contributed by atoms with Crippen LogP contribution in [0.1, 0.15) is 36.0 Å². The minimum absolute atomic E-state index is 0.225. The molecule has 138 valence electrons. The predicted molar refractivity (Wildman–Crippen MR) is 100 cm³/mol. The molecule has 1 fully saturated rings. The van der Waals surface area contributed by atoms with E-state index in [4.69, 9.17) is 9.84 Å². The SMILES string of the molecule is O=C(O)CCCN1CCC(COC(=O)c2cccc3ccccc23)CC1. The van der Waals surface area contributed by atoms with E-state index < -0.39 is 5.97 Å². The lowest BCUT2D eigenvalue weighted by Crippen LogP contribution is -2.36. The lowest BCUT2D eigenvalue weighted by Gasteiger charge is -2.31. The number of hydrogen-bond donors (Lipinski definition) is 1. The summed E-state index contributed by atoms with van der Waals surface area (Å²) in [5, 5.41) is 10.7. The lowest BCUT2D eigenvalue weighted by molar-refractivity contribution is -0.137. The van der Waals surface area contributed by atoms with E-state index in [2.05, 4.69) is 4.90 Å². The zero-order valence-electron chi connectivity index (χ0n) is 14.9. The molecular weight excluding hydrogens is 330 g/mol. The molecule has 26 heavy (non-hydrogen) atoms. The third-order valence-corrected chi connectivity index (χ3v) is 5.03. The highest BCUT2D eigenvalue weighted by Crippen LogP contribution is 2.21. The number of benzene rings is 2. The normalized spacial score (nSPS) is 15.8. The molecule has 1 N–H and O–H groups in total. The van der Waals surface area contributed by atoms with E-state index in [9.17, 15) is 9.59 Å². The molecule has 0 atom stereocenters. The van der Waals surface area contributed by atoms with Gasteiger partial charge in [0, 0.05) is 6.42 Å². The quantitative estimate of drug-likeness (QED) is 0.769. The van der Waals surface area contributed by atoms with Gasteiger partial charge in [-0.2, -0.15) is 0 Å². The summed E-state index contributed by atoms with van der Waals surface area (Å²) in [6, 6.07) is 13.5. The number of hydrogen-bond acceptors (Lipinski definition) is 4. The van der Waals surface area contributed by atoms with Crippen LogP contribution in [0.3, 0.4) is 0 Å². The monoisotopic (exact) mass is 355 g/mol. The van der Waals surface area contributed by atoms with Crippen molar-refractivity contribution in [3.8, 4) is 0 Å². The number of rotatable bonds is 7. The van der Waals surface area contributed by atoms with Crippen molar-refractivity contribution in [3.63, 3.8) is 0 Å². The van der Waals surface area contributed by atoms with Crippen LogP contribution in [0, 0.1) is 5.92 Å². The Morgan fingerprint density at radius 3 is 2.58 bits per heavy atom. The molecule has 0 unspecified atom stereocenters. The molecule has 3 rings (SSSR count). The van der Waals surface area contributed by atoms with E-state index in [0.29, 0.717) is 24.5 Å². The summed E-state index contributed by atoms with van der Waals surface area (Å²) >= 11 is 0. The summed E-state index contributed by atoms with van der Waals surface area (Å²) < 4.78 is 5.59. The molecular formula is C21H25NO4. The third kappa shape index (κ3) is 4.82. The Balaban J connectivity index is 1.46. The van der Waals surface area contributed by atoms with Crippen molar-refractivity contribution in [2.45, 2.75) is 25.7 Å². The van der Waals surface area contributed by atoms with Gasteiger partial charge in [-0.25, -0.2) is 4.79 Å². The van der Waals surface area contributed by atoms with Gasteiger partial charge in [0.1, 0.15) is 0 Å². The fourth-order valence-corrected chi connectivity index (χ4v) is 3.51. The summed E-state index contributed by atoms with van der Waals surface area (Å²) in [5.41, 5.74) is 0.620. The van der Waals surface area contributed by atoms with Gasteiger partial charge < -0.3 is 14.7 Å². The first-order chi connectivity index (χ1) is 12.6. The second-order valence-electron chi connectivity index (χ2n) is 6.91. The van der Waals surface area contributed by atoms with E-state index in [1.807, 2.05) is 42.5 Å². The van der Waals surface area contributed by atoms with Gasteiger partial charge in [-0.15, -0.1) is 0 Å². The first-order valence-corrected chi connectivity index (χ1v) is 9.22. The number of esters is 1. The molecule has 0 amide bonds. The highest BCUT2D eigenvalue weighted by atomic mass is 16.5. The van der Waals surface area contributed by atoms with Crippen molar-refractivity contribution in [3.05, 3.63) is 48.0 Å². The lowest BCUT2D eigenvalue weighted by atomic mass is 9.97. The minimum Gasteiger partial charge on any atom is -0.481 e. The molecule has 5 heteroatoms. The van der Waals surface area contributed by atoms with Crippen molar-refractivity contribution < 1.29 is 19.4 Å². The molecule has 0 aliphatic carbocycles. The van der Waals surface area contributed by atoms with Crippen LogP contribution in [0.2, 0.25) is 0 Å². The summed E-state index contributed by atoms with van der Waals surface area (Å²) in [7, 11) is 0. The molecule has 1 saturated heterocycles. The molecule has 2 aromatic carbocycles. The van der Waals surface area contributed by atoms with Crippen LogP contribution >= 0.6 is 0 Å². The van der Waals surface area contributed by atoms with Gasteiger partial charge in [-0.1, -0.05) is 36.4 Å². The van der Waals surface area contributed by atoms with Crippen LogP contribution in [0.15, 0.2) is 42.5 Å². The van der Waals surface area contributed by atoms with E-state index in [1.165, 1.54) is 0 Å². The topological polar surface area (TPSA) is 66.8 Å². The predicted octanol–water partition coefficient (Wildman–Crippen LogP) is 3.57. The molecule has 2 aromatic rings. The van der Waals surface area contributed by atoms with Gasteiger partial charge in [-0.3, -0.25) is 4.79 Å². The standard InChI is InChI=1S/C21H25NO4/c23-20(24)9-4-12-22-13-10-16(11-14-22)15-26-21(25)19-8-3-6-17-5-1-2-7-18(17)19/h1-3,5-8,16H,4,9-15H2,(H,23,24). The van der Waals surface area contributed by atoms with Crippen molar-refractivity contribution in [1.82, 2.24) is 4.90 Å². The molecule has 5 nitrogen and oxygen atoms in total. The molecule has 1 heterocycles. The van der Waals surface area contributed by atoms with E-state index in [-0.39, 0.29) is 12.4 Å². The maximum Gasteiger partial charge on any atom is 0.338 e. The van der Waals surface area contributed by atoms with Crippen molar-refractivity contribution in [2.24, 2.45) is 5.92 Å². The van der Waals surface area contributed by atoms with E-state index in [0.717, 1.165) is 43.2 Å². The minimum atomic E-state index is -0.736. The van der Waals surface area contributed by atoms with Crippen LogP contribution < -0.4 is 0 Å². The number of carboxylic acid groups (broad SMARTS) is 1. The number of carbonyl (C=O) groups excluding carboxylic acids is 1. The smallest absolute Gasteiger partial charge is 0.338 e. The van der Waals surface area contributed by atoms with Gasteiger partial charge in [0.05, 0.1) is 12.2 Å². The first kappa shape index (κ1) is 18.4. The number of ether oxygens (including phenoxy) is 1. The maximum atomic E-state index is 12.5. The molecule has 0 aromatic heterocycles. The largest absolute Gasteiger partial charge is 0.481 e. The highest BCUT2D eigenvalue weighted by molar-refractivity contribution is 6.04. The van der Waals surface area contributed by atoms with Crippen LogP contribution in [0.25, 0.3) is 10.8 Å². The molecule has 0 spiro atoms. The molecule has 0 bridgehead atoms. The average molecular weight is 355 g/mol. The second-order valence-corrected chi connectivity index (χ2v) is 6.91. The molecule has 1 aliphatic rings.